The van der Waals surface area contributed by atoms with Gasteiger partial charge in [-0.2, -0.15) is 4.98 Å². The van der Waals surface area contributed by atoms with Gasteiger partial charge < -0.3 is 14.6 Å². The summed E-state index contributed by atoms with van der Waals surface area (Å²) in [5, 5.41) is 6.44. The van der Waals surface area contributed by atoms with Crippen molar-refractivity contribution in [3.8, 4) is 0 Å². The molecule has 1 aromatic carbocycles. The minimum Gasteiger partial charge on any atom is -0.454 e. The maximum absolute atomic E-state index is 13.6. The van der Waals surface area contributed by atoms with Gasteiger partial charge in [-0.3, -0.25) is 4.79 Å². The smallest absolute Gasteiger partial charge is 0.340 e. The molecule has 1 amide bonds. The number of nitrogens with zero attached hydrogens (tertiary/aromatic N) is 2. The summed E-state index contributed by atoms with van der Waals surface area (Å²) in [5.74, 6) is -0.157. The number of anilines is 1. The zero-order chi connectivity index (χ0) is 18.3. The molecule has 0 spiro atoms. The lowest BCUT2D eigenvalue weighted by Gasteiger charge is -2.10. The lowest BCUT2D eigenvalue weighted by molar-refractivity contribution is -0.117. The standard InChI is InChI=1S/C18H18FN3O4/c1-9-6-12(9)16(23)20-14-5-4-11(19)7-13(14)18(24)25-8-15-21-17(26-22-15)10-2-3-10/h4-5,7,9-10,12H,2-3,6,8H2,1H3,(H,20,23)/t9-,12+/m1/s1. The number of nitrogens with one attached hydrogen (secondary N) is 1. The summed E-state index contributed by atoms with van der Waals surface area (Å²) in [6, 6.07) is 3.58. The van der Waals surface area contributed by atoms with E-state index in [0.717, 1.165) is 25.3 Å². The maximum Gasteiger partial charge on any atom is 0.340 e. The molecule has 2 saturated carbocycles. The van der Waals surface area contributed by atoms with Crippen LogP contribution in [-0.4, -0.2) is 22.0 Å². The fraction of sp³-hybridized carbons (Fsp3) is 0.444. The molecule has 2 aromatic rings. The van der Waals surface area contributed by atoms with Gasteiger partial charge in [0.05, 0.1) is 11.3 Å². The zero-order valence-electron chi connectivity index (χ0n) is 14.2. The molecular formula is C18H18FN3O4. The van der Waals surface area contributed by atoms with Gasteiger partial charge in [0.25, 0.3) is 0 Å². The number of hydrogen-bond acceptors (Lipinski definition) is 6. The Balaban J connectivity index is 1.43. The highest BCUT2D eigenvalue weighted by Crippen LogP contribution is 2.39. The average Bonchev–Trinajstić information content (AvgIpc) is 3.54. The largest absolute Gasteiger partial charge is 0.454 e. The van der Waals surface area contributed by atoms with Gasteiger partial charge in [-0.25, -0.2) is 9.18 Å². The maximum atomic E-state index is 13.6. The number of carbonyl (C=O) groups excluding carboxylic acids is 2. The molecule has 26 heavy (non-hydrogen) atoms. The van der Waals surface area contributed by atoms with Crippen LogP contribution in [0, 0.1) is 17.7 Å². The van der Waals surface area contributed by atoms with Crippen molar-refractivity contribution in [1.29, 1.82) is 0 Å². The number of esters is 1. The van der Waals surface area contributed by atoms with E-state index in [2.05, 4.69) is 15.5 Å². The Labute approximate surface area is 148 Å². The summed E-state index contributed by atoms with van der Waals surface area (Å²) < 4.78 is 23.8. The van der Waals surface area contributed by atoms with Crippen LogP contribution in [0.2, 0.25) is 0 Å². The van der Waals surface area contributed by atoms with Crippen molar-refractivity contribution in [1.82, 2.24) is 10.1 Å². The number of hydrogen-bond donors (Lipinski definition) is 1. The van der Waals surface area contributed by atoms with Gasteiger partial charge >= 0.3 is 5.97 Å². The van der Waals surface area contributed by atoms with Crippen molar-refractivity contribution in [3.05, 3.63) is 41.3 Å². The molecule has 2 fully saturated rings. The monoisotopic (exact) mass is 359 g/mol. The van der Waals surface area contributed by atoms with Crippen molar-refractivity contribution in [3.63, 3.8) is 0 Å². The first-order chi connectivity index (χ1) is 12.5. The van der Waals surface area contributed by atoms with Gasteiger partial charge in [0.15, 0.2) is 6.61 Å². The first-order valence-corrected chi connectivity index (χ1v) is 8.61. The van der Waals surface area contributed by atoms with Gasteiger partial charge in [-0.1, -0.05) is 12.1 Å². The van der Waals surface area contributed by atoms with Gasteiger partial charge in [0.2, 0.25) is 17.6 Å². The summed E-state index contributed by atoms with van der Waals surface area (Å²) in [7, 11) is 0. The van der Waals surface area contributed by atoms with Crippen LogP contribution in [0.15, 0.2) is 22.7 Å². The van der Waals surface area contributed by atoms with E-state index in [4.69, 9.17) is 9.26 Å². The third kappa shape index (κ3) is 3.58. The topological polar surface area (TPSA) is 94.3 Å². The summed E-state index contributed by atoms with van der Waals surface area (Å²) in [6.45, 7) is 1.80. The van der Waals surface area contributed by atoms with Crippen molar-refractivity contribution < 1.29 is 23.2 Å². The fourth-order valence-electron chi connectivity index (χ4n) is 2.74. The molecule has 0 radical (unpaired) electrons. The molecule has 2 aliphatic rings. The Morgan fingerprint density at radius 1 is 1.38 bits per heavy atom. The molecule has 0 saturated heterocycles. The molecule has 1 N–H and O–H groups in total. The first kappa shape index (κ1) is 16.7. The molecule has 1 aromatic heterocycles. The molecule has 8 heteroatoms. The molecule has 0 bridgehead atoms. The Hall–Kier alpha value is -2.77. The van der Waals surface area contributed by atoms with Crippen LogP contribution in [0.3, 0.4) is 0 Å². The normalized spacial score (nSPS) is 21.3. The third-order valence-electron chi connectivity index (χ3n) is 4.65. The molecule has 0 aliphatic heterocycles. The van der Waals surface area contributed by atoms with Crippen molar-refractivity contribution in [2.24, 2.45) is 11.8 Å². The van der Waals surface area contributed by atoms with E-state index in [1.54, 1.807) is 0 Å². The molecular weight excluding hydrogens is 341 g/mol. The molecule has 2 aliphatic carbocycles. The van der Waals surface area contributed by atoms with E-state index in [1.165, 1.54) is 12.1 Å². The van der Waals surface area contributed by atoms with Crippen LogP contribution in [0.5, 0.6) is 0 Å². The lowest BCUT2D eigenvalue weighted by Crippen LogP contribution is -2.18. The predicted octanol–water partition coefficient (Wildman–Crippen LogP) is 3.04. The summed E-state index contributed by atoms with van der Waals surface area (Å²) >= 11 is 0. The number of amides is 1. The quantitative estimate of drug-likeness (QED) is 0.797. The minimum absolute atomic E-state index is 0.0439. The van der Waals surface area contributed by atoms with Crippen LogP contribution in [0.25, 0.3) is 0 Å². The molecule has 2 atom stereocenters. The Morgan fingerprint density at radius 3 is 2.85 bits per heavy atom. The van der Waals surface area contributed by atoms with E-state index in [0.29, 0.717) is 17.7 Å². The van der Waals surface area contributed by atoms with Crippen molar-refractivity contribution >= 4 is 17.6 Å². The van der Waals surface area contributed by atoms with Crippen LogP contribution in [0.4, 0.5) is 10.1 Å². The van der Waals surface area contributed by atoms with Gasteiger partial charge in [-0.15, -0.1) is 0 Å². The van der Waals surface area contributed by atoms with E-state index >= 15 is 0 Å². The summed E-state index contributed by atoms with van der Waals surface area (Å²) in [5.41, 5.74) is 0.185. The van der Waals surface area contributed by atoms with E-state index in [-0.39, 0.29) is 35.5 Å². The average molecular weight is 359 g/mol. The predicted molar refractivity (Wildman–Crippen MR) is 87.7 cm³/mol. The number of ether oxygens (including phenoxy) is 1. The molecule has 7 nitrogen and oxygen atoms in total. The molecule has 1 heterocycles. The molecule has 136 valence electrons. The SMILES string of the molecule is C[C@@H]1C[C@@H]1C(=O)Nc1ccc(F)cc1C(=O)OCc1noc(C2CC2)n1. The van der Waals surface area contributed by atoms with Crippen LogP contribution in [-0.2, 0) is 16.1 Å². The van der Waals surface area contributed by atoms with Crippen LogP contribution in [0.1, 0.15) is 54.2 Å². The molecule has 0 unspecified atom stereocenters. The van der Waals surface area contributed by atoms with Crippen LogP contribution >= 0.6 is 0 Å². The van der Waals surface area contributed by atoms with Gasteiger partial charge in [0.1, 0.15) is 5.82 Å². The highest BCUT2D eigenvalue weighted by molar-refractivity contribution is 6.02. The Bertz CT molecular complexity index is 862. The number of aromatic nitrogens is 2. The number of carbonyl (C=O) groups is 2. The number of rotatable bonds is 6. The fourth-order valence-corrected chi connectivity index (χ4v) is 2.74. The summed E-state index contributed by atoms with van der Waals surface area (Å²) in [4.78, 5) is 28.6. The van der Waals surface area contributed by atoms with Gasteiger partial charge in [-0.05, 0) is 43.4 Å². The number of halogens is 1. The van der Waals surface area contributed by atoms with E-state index in [1.807, 2.05) is 6.92 Å². The van der Waals surface area contributed by atoms with Gasteiger partial charge in [0, 0.05) is 11.8 Å². The highest BCUT2D eigenvalue weighted by Gasteiger charge is 2.39. The summed E-state index contributed by atoms with van der Waals surface area (Å²) in [6.07, 6.45) is 2.86. The van der Waals surface area contributed by atoms with E-state index < -0.39 is 11.8 Å². The highest BCUT2D eigenvalue weighted by atomic mass is 19.1. The third-order valence-corrected chi connectivity index (χ3v) is 4.65. The lowest BCUT2D eigenvalue weighted by atomic mass is 10.1. The molecule has 4 rings (SSSR count). The first-order valence-electron chi connectivity index (χ1n) is 8.61. The zero-order valence-corrected chi connectivity index (χ0v) is 14.2. The van der Waals surface area contributed by atoms with Crippen molar-refractivity contribution in [2.75, 3.05) is 5.32 Å². The van der Waals surface area contributed by atoms with Crippen molar-refractivity contribution in [2.45, 2.75) is 38.7 Å². The minimum atomic E-state index is -0.763. The second-order valence-corrected chi connectivity index (χ2v) is 6.90. The Kier molecular flexibility index (Phi) is 4.18. The van der Waals surface area contributed by atoms with Crippen LogP contribution < -0.4 is 5.32 Å². The second kappa shape index (κ2) is 6.51. The van der Waals surface area contributed by atoms with E-state index in [9.17, 15) is 14.0 Å². The number of benzene rings is 1. The Morgan fingerprint density at radius 2 is 2.15 bits per heavy atom. The second-order valence-electron chi connectivity index (χ2n) is 6.90.